The van der Waals surface area contributed by atoms with Crippen LogP contribution in [-0.4, -0.2) is 34.4 Å². The van der Waals surface area contributed by atoms with E-state index in [1.54, 1.807) is 6.07 Å². The summed E-state index contributed by atoms with van der Waals surface area (Å²) in [6.45, 7) is 1.30. The number of carbonyl (C=O) groups excluding carboxylic acids is 2. The normalized spacial score (nSPS) is 17.2. The zero-order valence-corrected chi connectivity index (χ0v) is 14.9. The van der Waals surface area contributed by atoms with Crippen LogP contribution in [0.3, 0.4) is 0 Å². The summed E-state index contributed by atoms with van der Waals surface area (Å²) in [7, 11) is 0. The van der Waals surface area contributed by atoms with Crippen molar-refractivity contribution in [2.24, 2.45) is 0 Å². The second-order valence-corrected chi connectivity index (χ2v) is 6.26. The molecule has 0 aliphatic carbocycles. The molecule has 0 fully saturated rings. The van der Waals surface area contributed by atoms with E-state index in [-0.39, 0.29) is 6.04 Å². The Morgan fingerprint density at radius 2 is 2.11 bits per heavy atom. The molecule has 28 heavy (non-hydrogen) atoms. The molecule has 3 rings (SSSR count). The highest BCUT2D eigenvalue weighted by atomic mass is 19.4. The van der Waals surface area contributed by atoms with Crippen LogP contribution in [0.4, 0.5) is 13.2 Å². The lowest BCUT2D eigenvalue weighted by Crippen LogP contribution is -2.40. The smallest absolute Gasteiger partial charge is 0.435 e. The Balaban J connectivity index is 1.54. The van der Waals surface area contributed by atoms with Crippen molar-refractivity contribution in [1.82, 2.24) is 15.1 Å². The highest BCUT2D eigenvalue weighted by molar-refractivity contribution is 5.83. The number of benzene rings is 1. The van der Waals surface area contributed by atoms with Crippen molar-refractivity contribution in [2.75, 3.05) is 6.61 Å². The molecule has 2 aromatic rings. The van der Waals surface area contributed by atoms with E-state index in [1.807, 2.05) is 18.2 Å². The fraction of sp³-hybridized carbons (Fsp3) is 0.389. The van der Waals surface area contributed by atoms with Gasteiger partial charge in [-0.2, -0.15) is 18.3 Å². The minimum Gasteiger partial charge on any atom is -0.493 e. The van der Waals surface area contributed by atoms with Crippen molar-refractivity contribution in [2.45, 2.75) is 38.2 Å². The number of amides is 1. The molecule has 0 bridgehead atoms. The van der Waals surface area contributed by atoms with Gasteiger partial charge in [0.15, 0.2) is 11.8 Å². The summed E-state index contributed by atoms with van der Waals surface area (Å²) in [5, 5.41) is 6.07. The number of carbonyl (C=O) groups is 2. The van der Waals surface area contributed by atoms with Gasteiger partial charge in [-0.15, -0.1) is 0 Å². The number of nitrogens with one attached hydrogen (secondary N) is 1. The van der Waals surface area contributed by atoms with E-state index in [9.17, 15) is 22.8 Å². The highest BCUT2D eigenvalue weighted by Gasteiger charge is 2.34. The summed E-state index contributed by atoms with van der Waals surface area (Å²) in [6, 6.07) is 7.77. The molecule has 2 unspecified atom stereocenters. The second-order valence-electron chi connectivity index (χ2n) is 6.26. The first-order valence-electron chi connectivity index (χ1n) is 8.56. The Bertz CT molecular complexity index is 866. The molecular formula is C18H18F3N3O4. The number of aromatic nitrogens is 2. The lowest BCUT2D eigenvalue weighted by molar-refractivity contribution is -0.156. The Kier molecular flexibility index (Phi) is 5.57. The number of para-hydroxylation sites is 1. The van der Waals surface area contributed by atoms with E-state index in [4.69, 9.17) is 9.47 Å². The molecule has 0 saturated heterocycles. The van der Waals surface area contributed by atoms with Gasteiger partial charge in [-0.05, 0) is 19.1 Å². The third-order valence-electron chi connectivity index (χ3n) is 4.17. The van der Waals surface area contributed by atoms with Crippen LogP contribution in [-0.2, 0) is 27.0 Å². The summed E-state index contributed by atoms with van der Waals surface area (Å²) in [5.41, 5.74) is -0.277. The minimum absolute atomic E-state index is 0.279. The zero-order chi connectivity index (χ0) is 20.3. The van der Waals surface area contributed by atoms with E-state index in [0.29, 0.717) is 18.8 Å². The third kappa shape index (κ3) is 4.62. The van der Waals surface area contributed by atoms with Gasteiger partial charge in [0.05, 0.1) is 12.6 Å². The molecule has 10 heteroatoms. The van der Waals surface area contributed by atoms with Crippen LogP contribution in [0.15, 0.2) is 36.5 Å². The third-order valence-corrected chi connectivity index (χ3v) is 4.17. The van der Waals surface area contributed by atoms with E-state index < -0.39 is 36.4 Å². The Labute approximate surface area is 158 Å². The van der Waals surface area contributed by atoms with Crippen LogP contribution in [0.5, 0.6) is 5.75 Å². The Hall–Kier alpha value is -3.04. The van der Waals surface area contributed by atoms with Crippen molar-refractivity contribution < 1.29 is 32.2 Å². The molecule has 1 N–H and O–H groups in total. The number of halogens is 3. The molecule has 1 amide bonds. The molecule has 0 spiro atoms. The van der Waals surface area contributed by atoms with Gasteiger partial charge in [0.1, 0.15) is 12.3 Å². The SMILES string of the molecule is CC(OC(=O)Cn1ccc(C(F)(F)F)n1)C(=O)NC1CCOc2ccccc21. The van der Waals surface area contributed by atoms with E-state index in [2.05, 4.69) is 10.4 Å². The van der Waals surface area contributed by atoms with Gasteiger partial charge in [0.2, 0.25) is 0 Å². The topological polar surface area (TPSA) is 82.5 Å². The Morgan fingerprint density at radius 3 is 2.82 bits per heavy atom. The fourth-order valence-electron chi connectivity index (χ4n) is 2.80. The predicted octanol–water partition coefficient (Wildman–Crippen LogP) is 2.47. The summed E-state index contributed by atoms with van der Waals surface area (Å²) < 4.78 is 48.9. The largest absolute Gasteiger partial charge is 0.493 e. The number of rotatable bonds is 5. The maximum absolute atomic E-state index is 12.5. The van der Waals surface area contributed by atoms with Gasteiger partial charge in [-0.25, -0.2) is 0 Å². The average Bonchev–Trinajstić information content (AvgIpc) is 3.10. The predicted molar refractivity (Wildman–Crippen MR) is 90.2 cm³/mol. The lowest BCUT2D eigenvalue weighted by Gasteiger charge is -2.27. The van der Waals surface area contributed by atoms with Crippen LogP contribution < -0.4 is 10.1 Å². The number of hydrogen-bond acceptors (Lipinski definition) is 5. The number of ether oxygens (including phenoxy) is 2. The molecular weight excluding hydrogens is 379 g/mol. The molecule has 2 atom stereocenters. The molecule has 0 saturated carbocycles. The first-order valence-corrected chi connectivity index (χ1v) is 8.56. The molecule has 1 aromatic heterocycles. The van der Waals surface area contributed by atoms with Gasteiger partial charge < -0.3 is 14.8 Å². The summed E-state index contributed by atoms with van der Waals surface area (Å²) in [6.07, 6.45) is -4.12. The number of fused-ring (bicyclic) bond motifs is 1. The number of nitrogens with zero attached hydrogens (tertiary/aromatic N) is 2. The first-order chi connectivity index (χ1) is 13.2. The van der Waals surface area contributed by atoms with Crippen LogP contribution in [0.25, 0.3) is 0 Å². The van der Waals surface area contributed by atoms with Crippen LogP contribution >= 0.6 is 0 Å². The highest BCUT2D eigenvalue weighted by Crippen LogP contribution is 2.31. The van der Waals surface area contributed by atoms with Crippen LogP contribution in [0, 0.1) is 0 Å². The second kappa shape index (κ2) is 7.91. The van der Waals surface area contributed by atoms with Gasteiger partial charge in [0.25, 0.3) is 5.91 Å². The number of esters is 1. The quantitative estimate of drug-likeness (QED) is 0.784. The molecule has 2 heterocycles. The molecule has 1 aromatic carbocycles. The zero-order valence-electron chi connectivity index (χ0n) is 14.9. The van der Waals surface area contributed by atoms with Gasteiger partial charge >= 0.3 is 12.1 Å². The van der Waals surface area contributed by atoms with Gasteiger partial charge in [-0.3, -0.25) is 14.3 Å². The van der Waals surface area contributed by atoms with Crippen molar-refractivity contribution in [3.63, 3.8) is 0 Å². The Morgan fingerprint density at radius 1 is 1.36 bits per heavy atom. The minimum atomic E-state index is -4.59. The fourth-order valence-corrected chi connectivity index (χ4v) is 2.80. The van der Waals surface area contributed by atoms with Crippen LogP contribution in [0.2, 0.25) is 0 Å². The van der Waals surface area contributed by atoms with E-state index >= 15 is 0 Å². The van der Waals surface area contributed by atoms with Crippen molar-refractivity contribution in [1.29, 1.82) is 0 Å². The maximum Gasteiger partial charge on any atom is 0.435 e. The average molecular weight is 397 g/mol. The first kappa shape index (κ1) is 19.7. The standard InChI is InChI=1S/C18H18F3N3O4/c1-11(28-16(25)10-24-8-6-15(23-24)18(19,20)21)17(26)22-13-7-9-27-14-5-3-2-4-12(13)14/h2-6,8,11,13H,7,9-10H2,1H3,(H,22,26). The lowest BCUT2D eigenvalue weighted by atomic mass is 10.0. The monoisotopic (exact) mass is 397 g/mol. The molecule has 1 aliphatic heterocycles. The number of alkyl halides is 3. The summed E-state index contributed by atoms with van der Waals surface area (Å²) >= 11 is 0. The van der Waals surface area contributed by atoms with Gasteiger partial charge in [0, 0.05) is 18.2 Å². The maximum atomic E-state index is 12.5. The van der Waals surface area contributed by atoms with Crippen molar-refractivity contribution in [3.05, 3.63) is 47.8 Å². The van der Waals surface area contributed by atoms with E-state index in [0.717, 1.165) is 22.5 Å². The van der Waals surface area contributed by atoms with Gasteiger partial charge in [-0.1, -0.05) is 18.2 Å². The molecule has 150 valence electrons. The van der Waals surface area contributed by atoms with E-state index in [1.165, 1.54) is 6.92 Å². The van der Waals surface area contributed by atoms with Crippen LogP contribution in [0.1, 0.15) is 30.6 Å². The van der Waals surface area contributed by atoms with Crippen molar-refractivity contribution in [3.8, 4) is 5.75 Å². The molecule has 0 radical (unpaired) electrons. The summed E-state index contributed by atoms with van der Waals surface area (Å²) in [4.78, 5) is 24.3. The summed E-state index contributed by atoms with van der Waals surface area (Å²) in [5.74, 6) is -0.693. The molecule has 7 nitrogen and oxygen atoms in total. The molecule has 1 aliphatic rings. The number of hydrogen-bond donors (Lipinski definition) is 1. The van der Waals surface area contributed by atoms with Crippen molar-refractivity contribution >= 4 is 11.9 Å².